The van der Waals surface area contributed by atoms with Crippen molar-refractivity contribution in [3.8, 4) is 5.75 Å². The highest BCUT2D eigenvalue weighted by Crippen LogP contribution is 2.17. The number of hydrogen-bond acceptors (Lipinski definition) is 3. The van der Waals surface area contributed by atoms with E-state index in [9.17, 15) is 13.6 Å². The van der Waals surface area contributed by atoms with Gasteiger partial charge in [-0.2, -0.15) is 0 Å². The number of hydrogen-bond donors (Lipinski definition) is 2. The van der Waals surface area contributed by atoms with Crippen molar-refractivity contribution in [1.82, 2.24) is 5.32 Å². The summed E-state index contributed by atoms with van der Waals surface area (Å²) in [5.74, 6) is -2.18. The summed E-state index contributed by atoms with van der Waals surface area (Å²) in [6.45, 7) is 2.99. The van der Waals surface area contributed by atoms with Crippen molar-refractivity contribution >= 4 is 5.91 Å². The molecule has 19 heavy (non-hydrogen) atoms. The van der Waals surface area contributed by atoms with Crippen LogP contribution in [0, 0.1) is 11.6 Å². The SMILES string of the molecule is CC(O)CC(C)NC(=O)COc1ccc(F)cc1F. The molecule has 2 atom stereocenters. The van der Waals surface area contributed by atoms with Crippen molar-refractivity contribution in [3.63, 3.8) is 0 Å². The van der Waals surface area contributed by atoms with Gasteiger partial charge in [0.15, 0.2) is 18.2 Å². The number of amides is 1. The predicted octanol–water partition coefficient (Wildman–Crippen LogP) is 1.62. The minimum absolute atomic E-state index is 0.181. The van der Waals surface area contributed by atoms with Gasteiger partial charge in [0.25, 0.3) is 5.91 Å². The van der Waals surface area contributed by atoms with E-state index in [2.05, 4.69) is 5.32 Å². The Hall–Kier alpha value is -1.69. The predicted molar refractivity (Wildman–Crippen MR) is 65.8 cm³/mol. The topological polar surface area (TPSA) is 58.6 Å². The quantitative estimate of drug-likeness (QED) is 0.828. The average Bonchev–Trinajstić information content (AvgIpc) is 2.26. The zero-order chi connectivity index (χ0) is 14.4. The van der Waals surface area contributed by atoms with Crippen LogP contribution in [-0.4, -0.2) is 29.8 Å². The van der Waals surface area contributed by atoms with Crippen molar-refractivity contribution in [2.45, 2.75) is 32.4 Å². The summed E-state index contributed by atoms with van der Waals surface area (Å²) in [7, 11) is 0. The molecule has 6 heteroatoms. The van der Waals surface area contributed by atoms with E-state index in [1.54, 1.807) is 13.8 Å². The fraction of sp³-hybridized carbons (Fsp3) is 0.462. The maximum atomic E-state index is 13.2. The number of aliphatic hydroxyl groups excluding tert-OH is 1. The van der Waals surface area contributed by atoms with Crippen LogP contribution in [0.15, 0.2) is 18.2 Å². The van der Waals surface area contributed by atoms with Crippen molar-refractivity contribution in [3.05, 3.63) is 29.8 Å². The van der Waals surface area contributed by atoms with E-state index in [4.69, 9.17) is 9.84 Å². The monoisotopic (exact) mass is 273 g/mol. The molecule has 1 aromatic rings. The molecule has 2 unspecified atom stereocenters. The van der Waals surface area contributed by atoms with E-state index in [1.807, 2.05) is 0 Å². The van der Waals surface area contributed by atoms with Crippen LogP contribution in [-0.2, 0) is 4.79 Å². The van der Waals surface area contributed by atoms with Crippen molar-refractivity contribution in [2.75, 3.05) is 6.61 Å². The largest absolute Gasteiger partial charge is 0.481 e. The maximum absolute atomic E-state index is 13.2. The molecule has 1 amide bonds. The van der Waals surface area contributed by atoms with Gasteiger partial charge in [0, 0.05) is 12.1 Å². The first kappa shape index (κ1) is 15.4. The number of carbonyl (C=O) groups excluding carboxylic acids is 1. The van der Waals surface area contributed by atoms with Crippen LogP contribution >= 0.6 is 0 Å². The Bertz CT molecular complexity index is 438. The summed E-state index contributed by atoms with van der Waals surface area (Å²) in [5.41, 5.74) is 0. The second kappa shape index (κ2) is 7.04. The van der Waals surface area contributed by atoms with Crippen LogP contribution in [0.5, 0.6) is 5.75 Å². The van der Waals surface area contributed by atoms with Crippen LogP contribution in [0.25, 0.3) is 0 Å². The molecule has 0 bridgehead atoms. The summed E-state index contributed by atoms with van der Waals surface area (Å²) >= 11 is 0. The van der Waals surface area contributed by atoms with Crippen molar-refractivity contribution < 1.29 is 23.4 Å². The van der Waals surface area contributed by atoms with Gasteiger partial charge in [-0.25, -0.2) is 8.78 Å². The van der Waals surface area contributed by atoms with Gasteiger partial charge < -0.3 is 15.2 Å². The van der Waals surface area contributed by atoms with E-state index in [0.29, 0.717) is 12.5 Å². The molecule has 0 aromatic heterocycles. The molecule has 1 aromatic carbocycles. The van der Waals surface area contributed by atoms with E-state index >= 15 is 0 Å². The summed E-state index contributed by atoms with van der Waals surface area (Å²) in [5, 5.41) is 11.7. The summed E-state index contributed by atoms with van der Waals surface area (Å²) in [6, 6.07) is 2.64. The fourth-order valence-corrected chi connectivity index (χ4v) is 1.62. The first-order valence-electron chi connectivity index (χ1n) is 5.93. The molecule has 0 spiro atoms. The van der Waals surface area contributed by atoms with E-state index in [-0.39, 0.29) is 18.4 Å². The van der Waals surface area contributed by atoms with E-state index < -0.39 is 23.6 Å². The zero-order valence-corrected chi connectivity index (χ0v) is 10.8. The Balaban J connectivity index is 2.41. The lowest BCUT2D eigenvalue weighted by molar-refractivity contribution is -0.123. The number of carbonyl (C=O) groups is 1. The Morgan fingerprint density at radius 1 is 1.42 bits per heavy atom. The molecule has 0 saturated heterocycles. The molecule has 106 valence electrons. The molecule has 0 saturated carbocycles. The molecule has 0 aliphatic carbocycles. The normalized spacial score (nSPS) is 13.7. The lowest BCUT2D eigenvalue weighted by atomic mass is 10.1. The Labute approximate surface area is 110 Å². The molecule has 1 rings (SSSR count). The van der Waals surface area contributed by atoms with Crippen LogP contribution in [0.4, 0.5) is 8.78 Å². The summed E-state index contributed by atoms with van der Waals surface area (Å²) in [4.78, 5) is 11.5. The molecule has 0 fully saturated rings. The smallest absolute Gasteiger partial charge is 0.258 e. The second-order valence-electron chi connectivity index (χ2n) is 4.42. The molecule has 4 nitrogen and oxygen atoms in total. The second-order valence-corrected chi connectivity index (χ2v) is 4.42. The van der Waals surface area contributed by atoms with Crippen LogP contribution in [0.3, 0.4) is 0 Å². The number of ether oxygens (including phenoxy) is 1. The molecule has 0 heterocycles. The highest BCUT2D eigenvalue weighted by Gasteiger charge is 2.11. The van der Waals surface area contributed by atoms with E-state index in [0.717, 1.165) is 12.1 Å². The van der Waals surface area contributed by atoms with E-state index in [1.165, 1.54) is 0 Å². The van der Waals surface area contributed by atoms with Gasteiger partial charge in [0.2, 0.25) is 0 Å². The summed E-state index contributed by atoms with van der Waals surface area (Å²) in [6.07, 6.45) is -0.109. The third-order valence-corrected chi connectivity index (χ3v) is 2.35. The van der Waals surface area contributed by atoms with Crippen LogP contribution < -0.4 is 10.1 Å². The number of rotatable bonds is 6. The molecule has 0 radical (unpaired) electrons. The van der Waals surface area contributed by atoms with Crippen molar-refractivity contribution in [1.29, 1.82) is 0 Å². The summed E-state index contributed by atoms with van der Waals surface area (Å²) < 4.78 is 30.8. The number of nitrogens with one attached hydrogen (secondary N) is 1. The van der Waals surface area contributed by atoms with Gasteiger partial charge in [0.05, 0.1) is 6.10 Å². The maximum Gasteiger partial charge on any atom is 0.258 e. The molecule has 2 N–H and O–H groups in total. The Kier molecular flexibility index (Phi) is 5.69. The Morgan fingerprint density at radius 3 is 2.68 bits per heavy atom. The Morgan fingerprint density at radius 2 is 2.11 bits per heavy atom. The highest BCUT2D eigenvalue weighted by molar-refractivity contribution is 5.77. The van der Waals surface area contributed by atoms with Gasteiger partial charge in [-0.1, -0.05) is 0 Å². The molecular weight excluding hydrogens is 256 g/mol. The number of halogens is 2. The van der Waals surface area contributed by atoms with Crippen LogP contribution in [0.1, 0.15) is 20.3 Å². The standard InChI is InChI=1S/C13H17F2NO3/c1-8(5-9(2)17)16-13(18)7-19-12-4-3-10(14)6-11(12)15/h3-4,6,8-9,17H,5,7H2,1-2H3,(H,16,18). The first-order valence-corrected chi connectivity index (χ1v) is 5.93. The molecule has 0 aliphatic rings. The fourth-order valence-electron chi connectivity index (χ4n) is 1.62. The number of benzene rings is 1. The molecular formula is C13H17F2NO3. The van der Waals surface area contributed by atoms with Gasteiger partial charge in [0.1, 0.15) is 5.82 Å². The van der Waals surface area contributed by atoms with Gasteiger partial charge in [-0.3, -0.25) is 4.79 Å². The number of aliphatic hydroxyl groups is 1. The van der Waals surface area contributed by atoms with Crippen LogP contribution in [0.2, 0.25) is 0 Å². The average molecular weight is 273 g/mol. The minimum atomic E-state index is -0.857. The lowest BCUT2D eigenvalue weighted by Gasteiger charge is -2.15. The lowest BCUT2D eigenvalue weighted by Crippen LogP contribution is -2.37. The third kappa shape index (κ3) is 5.65. The van der Waals surface area contributed by atoms with Gasteiger partial charge in [-0.15, -0.1) is 0 Å². The zero-order valence-electron chi connectivity index (χ0n) is 10.8. The minimum Gasteiger partial charge on any atom is -0.481 e. The van der Waals surface area contributed by atoms with Crippen molar-refractivity contribution in [2.24, 2.45) is 0 Å². The first-order chi connectivity index (χ1) is 8.88. The highest BCUT2D eigenvalue weighted by atomic mass is 19.1. The molecule has 0 aliphatic heterocycles. The third-order valence-electron chi connectivity index (χ3n) is 2.35. The van der Waals surface area contributed by atoms with Gasteiger partial charge >= 0.3 is 0 Å². The van der Waals surface area contributed by atoms with Gasteiger partial charge in [-0.05, 0) is 32.4 Å².